The Bertz CT molecular complexity index is 299. The van der Waals surface area contributed by atoms with Crippen molar-refractivity contribution in [1.29, 1.82) is 0 Å². The minimum absolute atomic E-state index is 0.105. The maximum atomic E-state index is 11.9. The van der Waals surface area contributed by atoms with Crippen molar-refractivity contribution in [1.82, 2.24) is 5.32 Å². The van der Waals surface area contributed by atoms with Gasteiger partial charge in [0.1, 0.15) is 0 Å². The first-order valence-corrected chi connectivity index (χ1v) is 6.77. The number of carboxylic acids is 1. The topological polar surface area (TPSA) is 92.4 Å². The van der Waals surface area contributed by atoms with Crippen molar-refractivity contribution in [2.45, 2.75) is 45.4 Å². The third-order valence-electron chi connectivity index (χ3n) is 3.91. The molecule has 1 aliphatic rings. The molecule has 0 aromatic rings. The standard InChI is InChI=1S/C13H24N2O3/c1-2-5-10(8-14)11(16)15-9-13(12(17)18)6-3-4-7-13/h10H,2-9,14H2,1H3,(H,15,16)(H,17,18). The molecule has 0 radical (unpaired) electrons. The average molecular weight is 256 g/mol. The van der Waals surface area contributed by atoms with Gasteiger partial charge in [0.05, 0.1) is 11.3 Å². The van der Waals surface area contributed by atoms with E-state index in [9.17, 15) is 14.7 Å². The highest BCUT2D eigenvalue weighted by Crippen LogP contribution is 2.37. The van der Waals surface area contributed by atoms with E-state index in [0.29, 0.717) is 19.4 Å². The fraction of sp³-hybridized carbons (Fsp3) is 0.846. The van der Waals surface area contributed by atoms with Crippen molar-refractivity contribution < 1.29 is 14.7 Å². The molecule has 18 heavy (non-hydrogen) atoms. The van der Waals surface area contributed by atoms with Crippen LogP contribution in [0.15, 0.2) is 0 Å². The van der Waals surface area contributed by atoms with Gasteiger partial charge < -0.3 is 16.2 Å². The lowest BCUT2D eigenvalue weighted by atomic mass is 9.86. The number of aliphatic carboxylic acids is 1. The Kier molecular flexibility index (Phi) is 5.59. The summed E-state index contributed by atoms with van der Waals surface area (Å²) in [7, 11) is 0. The zero-order chi connectivity index (χ0) is 13.6. The van der Waals surface area contributed by atoms with Gasteiger partial charge in [-0.3, -0.25) is 9.59 Å². The van der Waals surface area contributed by atoms with Crippen LogP contribution < -0.4 is 11.1 Å². The third kappa shape index (κ3) is 3.45. The summed E-state index contributed by atoms with van der Waals surface area (Å²) in [5, 5.41) is 12.1. The number of carbonyl (C=O) groups excluding carboxylic acids is 1. The Hall–Kier alpha value is -1.10. The molecule has 5 nitrogen and oxygen atoms in total. The summed E-state index contributed by atoms with van der Waals surface area (Å²) in [6.45, 7) is 2.56. The molecule has 1 amide bonds. The lowest BCUT2D eigenvalue weighted by molar-refractivity contribution is -0.148. The molecule has 0 aromatic carbocycles. The molecule has 0 aliphatic heterocycles. The van der Waals surface area contributed by atoms with E-state index in [4.69, 9.17) is 5.73 Å². The molecule has 1 atom stereocenters. The smallest absolute Gasteiger partial charge is 0.311 e. The van der Waals surface area contributed by atoms with E-state index < -0.39 is 11.4 Å². The van der Waals surface area contributed by atoms with Gasteiger partial charge in [-0.2, -0.15) is 0 Å². The number of rotatable bonds is 7. The van der Waals surface area contributed by atoms with Gasteiger partial charge in [0.2, 0.25) is 5.91 Å². The largest absolute Gasteiger partial charge is 0.481 e. The number of hydrogen-bond acceptors (Lipinski definition) is 3. The number of carboxylic acid groups (broad SMARTS) is 1. The van der Waals surface area contributed by atoms with Crippen LogP contribution in [0.3, 0.4) is 0 Å². The first kappa shape index (κ1) is 15.0. The Morgan fingerprint density at radius 2 is 2.00 bits per heavy atom. The molecule has 0 heterocycles. The van der Waals surface area contributed by atoms with E-state index in [1.807, 2.05) is 6.92 Å². The highest BCUT2D eigenvalue weighted by Gasteiger charge is 2.41. The fourth-order valence-electron chi connectivity index (χ4n) is 2.62. The predicted octanol–water partition coefficient (Wildman–Crippen LogP) is 1.12. The summed E-state index contributed by atoms with van der Waals surface area (Å²) in [5.74, 6) is -1.09. The molecule has 0 spiro atoms. The monoisotopic (exact) mass is 256 g/mol. The van der Waals surface area contributed by atoms with Crippen molar-refractivity contribution in [3.8, 4) is 0 Å². The average Bonchev–Trinajstić information content (AvgIpc) is 2.83. The maximum Gasteiger partial charge on any atom is 0.311 e. The van der Waals surface area contributed by atoms with Crippen molar-refractivity contribution in [3.05, 3.63) is 0 Å². The van der Waals surface area contributed by atoms with Crippen LogP contribution in [-0.4, -0.2) is 30.1 Å². The van der Waals surface area contributed by atoms with Gasteiger partial charge in [0.15, 0.2) is 0 Å². The summed E-state index contributed by atoms with van der Waals surface area (Å²) in [4.78, 5) is 23.2. The van der Waals surface area contributed by atoms with Gasteiger partial charge in [-0.1, -0.05) is 26.2 Å². The van der Waals surface area contributed by atoms with Crippen molar-refractivity contribution in [2.75, 3.05) is 13.1 Å². The molecule has 1 rings (SSSR count). The molecular weight excluding hydrogens is 232 g/mol. The number of amides is 1. The molecule has 0 aromatic heterocycles. The van der Waals surface area contributed by atoms with E-state index in [2.05, 4.69) is 5.32 Å². The van der Waals surface area contributed by atoms with Gasteiger partial charge in [-0.15, -0.1) is 0 Å². The molecule has 1 fully saturated rings. The van der Waals surface area contributed by atoms with E-state index in [0.717, 1.165) is 25.7 Å². The van der Waals surface area contributed by atoms with E-state index >= 15 is 0 Å². The van der Waals surface area contributed by atoms with E-state index in [1.165, 1.54) is 0 Å². The first-order chi connectivity index (χ1) is 8.55. The highest BCUT2D eigenvalue weighted by atomic mass is 16.4. The summed E-state index contributed by atoms with van der Waals surface area (Å²) < 4.78 is 0. The zero-order valence-corrected chi connectivity index (χ0v) is 11.1. The number of carbonyl (C=O) groups is 2. The Morgan fingerprint density at radius 1 is 1.39 bits per heavy atom. The second kappa shape index (κ2) is 6.73. The Labute approximate surface area is 108 Å². The highest BCUT2D eigenvalue weighted by molar-refractivity contribution is 5.81. The summed E-state index contributed by atoms with van der Waals surface area (Å²) in [5.41, 5.74) is 4.81. The van der Waals surface area contributed by atoms with Crippen molar-refractivity contribution in [3.63, 3.8) is 0 Å². The molecule has 1 unspecified atom stereocenters. The van der Waals surface area contributed by atoms with Gasteiger partial charge in [-0.05, 0) is 19.3 Å². The zero-order valence-electron chi connectivity index (χ0n) is 11.1. The molecule has 1 aliphatic carbocycles. The molecule has 104 valence electrons. The van der Waals surface area contributed by atoms with Crippen molar-refractivity contribution in [2.24, 2.45) is 17.1 Å². The SMILES string of the molecule is CCCC(CN)C(=O)NCC1(C(=O)O)CCCC1. The van der Waals surface area contributed by atoms with Crippen molar-refractivity contribution >= 4 is 11.9 Å². The van der Waals surface area contributed by atoms with Crippen LogP contribution in [0.5, 0.6) is 0 Å². The van der Waals surface area contributed by atoms with Gasteiger partial charge in [-0.25, -0.2) is 0 Å². The van der Waals surface area contributed by atoms with Crippen LogP contribution >= 0.6 is 0 Å². The van der Waals surface area contributed by atoms with Crippen LogP contribution in [0.4, 0.5) is 0 Å². The summed E-state index contributed by atoms with van der Waals surface area (Å²) in [6.07, 6.45) is 4.82. The Morgan fingerprint density at radius 3 is 2.44 bits per heavy atom. The lowest BCUT2D eigenvalue weighted by Crippen LogP contribution is -2.44. The van der Waals surface area contributed by atoms with Crippen LogP contribution in [0, 0.1) is 11.3 Å². The van der Waals surface area contributed by atoms with Crippen LogP contribution in [-0.2, 0) is 9.59 Å². The minimum Gasteiger partial charge on any atom is -0.481 e. The van der Waals surface area contributed by atoms with E-state index in [1.54, 1.807) is 0 Å². The normalized spacial score (nSPS) is 19.4. The van der Waals surface area contributed by atoms with Crippen LogP contribution in [0.25, 0.3) is 0 Å². The quantitative estimate of drug-likeness (QED) is 0.636. The minimum atomic E-state index is -0.792. The second-order valence-corrected chi connectivity index (χ2v) is 5.23. The molecule has 4 N–H and O–H groups in total. The maximum absolute atomic E-state index is 11.9. The Balaban J connectivity index is 2.52. The summed E-state index contributed by atoms with van der Waals surface area (Å²) in [6, 6.07) is 0. The third-order valence-corrected chi connectivity index (χ3v) is 3.91. The van der Waals surface area contributed by atoms with Crippen LogP contribution in [0.1, 0.15) is 45.4 Å². The van der Waals surface area contributed by atoms with Gasteiger partial charge in [0.25, 0.3) is 0 Å². The predicted molar refractivity (Wildman–Crippen MR) is 69.0 cm³/mol. The fourth-order valence-corrected chi connectivity index (χ4v) is 2.62. The molecule has 0 saturated heterocycles. The lowest BCUT2D eigenvalue weighted by Gasteiger charge is -2.25. The van der Waals surface area contributed by atoms with Gasteiger partial charge in [0, 0.05) is 13.1 Å². The van der Waals surface area contributed by atoms with Gasteiger partial charge >= 0.3 is 5.97 Å². The molecular formula is C13H24N2O3. The number of nitrogens with two attached hydrogens (primary N) is 1. The number of nitrogens with one attached hydrogen (secondary N) is 1. The molecule has 0 bridgehead atoms. The van der Waals surface area contributed by atoms with E-state index in [-0.39, 0.29) is 18.4 Å². The number of hydrogen-bond donors (Lipinski definition) is 3. The molecule has 5 heteroatoms. The van der Waals surface area contributed by atoms with Crippen LogP contribution in [0.2, 0.25) is 0 Å². The first-order valence-electron chi connectivity index (χ1n) is 6.77. The summed E-state index contributed by atoms with van der Waals surface area (Å²) >= 11 is 0. The molecule has 1 saturated carbocycles. The second-order valence-electron chi connectivity index (χ2n) is 5.23.